The Labute approximate surface area is 158 Å². The van der Waals surface area contributed by atoms with Crippen LogP contribution in [0.2, 0.25) is 0 Å². The van der Waals surface area contributed by atoms with E-state index in [2.05, 4.69) is 5.32 Å². The number of rotatable bonds is 4. The first-order valence-electron chi connectivity index (χ1n) is 7.94. The number of nitrogens with one attached hydrogen (secondary N) is 2. The Balaban J connectivity index is 1.85. The number of benzene rings is 2. The Morgan fingerprint density at radius 2 is 1.75 bits per heavy atom. The van der Waals surface area contributed by atoms with E-state index in [9.17, 15) is 31.2 Å². The minimum atomic E-state index is -4.55. The molecule has 11 heteroatoms. The summed E-state index contributed by atoms with van der Waals surface area (Å²) in [6.07, 6.45) is -4.55. The van der Waals surface area contributed by atoms with Crippen LogP contribution in [0.15, 0.2) is 53.4 Å². The highest BCUT2D eigenvalue weighted by Gasteiger charge is 2.32. The number of fused-ring (bicyclic) bond motifs is 1. The summed E-state index contributed by atoms with van der Waals surface area (Å²) in [5.41, 5.74) is 0.500. The molecule has 2 aromatic carbocycles. The van der Waals surface area contributed by atoms with Gasteiger partial charge in [0.25, 0.3) is 15.9 Å². The Morgan fingerprint density at radius 3 is 2.39 bits per heavy atom. The number of carbonyl (C=O) groups excluding carboxylic acids is 2. The van der Waals surface area contributed by atoms with E-state index in [1.807, 2.05) is 0 Å². The second-order valence-corrected chi connectivity index (χ2v) is 7.76. The Hall–Kier alpha value is -3.08. The van der Waals surface area contributed by atoms with E-state index >= 15 is 0 Å². The summed E-state index contributed by atoms with van der Waals surface area (Å²) >= 11 is 0. The third-order valence-corrected chi connectivity index (χ3v) is 5.66. The van der Waals surface area contributed by atoms with Gasteiger partial charge in [0.2, 0.25) is 5.91 Å². The number of sulfonamides is 1. The van der Waals surface area contributed by atoms with Gasteiger partial charge in [0.05, 0.1) is 16.3 Å². The lowest BCUT2D eigenvalue weighted by Gasteiger charge is -2.30. The smallest absolute Gasteiger partial charge is 0.343 e. The molecule has 0 aliphatic carbocycles. The molecule has 1 heterocycles. The summed E-state index contributed by atoms with van der Waals surface area (Å²) in [4.78, 5) is 23.4. The molecule has 28 heavy (non-hydrogen) atoms. The van der Waals surface area contributed by atoms with Crippen molar-refractivity contribution < 1.29 is 31.2 Å². The van der Waals surface area contributed by atoms with Crippen molar-refractivity contribution in [2.24, 2.45) is 0 Å². The number of hydrogen-bond donors (Lipinski definition) is 2. The molecule has 148 valence electrons. The normalized spacial score (nSPS) is 14.2. The highest BCUT2D eigenvalue weighted by molar-refractivity contribution is 7.92. The number of anilines is 2. The number of nitrogens with zero attached hydrogens (tertiary/aromatic N) is 1. The molecule has 0 unspecified atom stereocenters. The number of amides is 2. The van der Waals surface area contributed by atoms with E-state index in [-0.39, 0.29) is 16.1 Å². The van der Waals surface area contributed by atoms with Crippen LogP contribution in [0.1, 0.15) is 10.4 Å². The first-order chi connectivity index (χ1) is 13.1. The molecular weight excluding hydrogens is 399 g/mol. The van der Waals surface area contributed by atoms with Crippen molar-refractivity contribution in [3.63, 3.8) is 0 Å². The van der Waals surface area contributed by atoms with Crippen LogP contribution in [0, 0.1) is 0 Å². The Bertz CT molecular complexity index is 1020. The fourth-order valence-corrected chi connectivity index (χ4v) is 4.04. The van der Waals surface area contributed by atoms with Crippen molar-refractivity contribution in [2.75, 3.05) is 22.7 Å². The summed E-state index contributed by atoms with van der Waals surface area (Å²) < 4.78 is 63.3. The summed E-state index contributed by atoms with van der Waals surface area (Å²) in [7, 11) is -4.13. The van der Waals surface area contributed by atoms with Gasteiger partial charge >= 0.3 is 6.18 Å². The lowest BCUT2D eigenvalue weighted by Crippen LogP contribution is -2.42. The average molecular weight is 413 g/mol. The molecule has 0 saturated heterocycles. The van der Waals surface area contributed by atoms with Crippen molar-refractivity contribution in [3.8, 4) is 0 Å². The summed E-state index contributed by atoms with van der Waals surface area (Å²) in [5.74, 6) is -1.49. The average Bonchev–Trinajstić information content (AvgIpc) is 2.65. The van der Waals surface area contributed by atoms with E-state index < -0.39 is 41.1 Å². The van der Waals surface area contributed by atoms with Crippen molar-refractivity contribution in [3.05, 3.63) is 54.1 Å². The molecular formula is C17H14F3N3O4S. The van der Waals surface area contributed by atoms with Crippen LogP contribution in [-0.2, 0) is 14.8 Å². The predicted octanol–water partition coefficient (Wildman–Crippen LogP) is 2.13. The molecule has 0 fully saturated rings. The second-order valence-electron chi connectivity index (χ2n) is 5.90. The zero-order chi connectivity index (χ0) is 20.5. The fraction of sp³-hybridized carbons (Fsp3) is 0.176. The number of carbonyl (C=O) groups is 2. The number of halogens is 3. The van der Waals surface area contributed by atoms with Gasteiger partial charge in [0.15, 0.2) is 0 Å². The van der Waals surface area contributed by atoms with E-state index in [0.29, 0.717) is 5.69 Å². The maximum Gasteiger partial charge on any atom is 0.405 e. The molecule has 0 aromatic heterocycles. The lowest BCUT2D eigenvalue weighted by atomic mass is 10.2. The number of hydrogen-bond acceptors (Lipinski definition) is 4. The van der Waals surface area contributed by atoms with Crippen LogP contribution in [0.4, 0.5) is 24.5 Å². The van der Waals surface area contributed by atoms with Gasteiger partial charge in [-0.3, -0.25) is 13.9 Å². The molecule has 0 saturated carbocycles. The van der Waals surface area contributed by atoms with E-state index in [0.717, 1.165) is 28.6 Å². The van der Waals surface area contributed by atoms with Gasteiger partial charge in [-0.2, -0.15) is 13.2 Å². The zero-order valence-corrected chi connectivity index (χ0v) is 15.0. The molecule has 2 N–H and O–H groups in total. The van der Waals surface area contributed by atoms with E-state index in [4.69, 9.17) is 0 Å². The first-order valence-corrected chi connectivity index (χ1v) is 9.38. The van der Waals surface area contributed by atoms with Crippen LogP contribution in [0.3, 0.4) is 0 Å². The molecule has 1 aliphatic heterocycles. The highest BCUT2D eigenvalue weighted by atomic mass is 32.2. The first kappa shape index (κ1) is 19.7. The van der Waals surface area contributed by atoms with Gasteiger partial charge in [-0.05, 0) is 36.4 Å². The zero-order valence-electron chi connectivity index (χ0n) is 14.2. The monoisotopic (exact) mass is 413 g/mol. The van der Waals surface area contributed by atoms with Crippen LogP contribution < -0.4 is 14.9 Å². The maximum absolute atomic E-state index is 12.9. The third kappa shape index (κ3) is 4.09. The van der Waals surface area contributed by atoms with Crippen LogP contribution in [-0.4, -0.2) is 39.5 Å². The van der Waals surface area contributed by atoms with Crippen LogP contribution in [0.25, 0.3) is 0 Å². The van der Waals surface area contributed by atoms with Crippen LogP contribution in [0.5, 0.6) is 0 Å². The van der Waals surface area contributed by atoms with Crippen LogP contribution >= 0.6 is 0 Å². The largest absolute Gasteiger partial charge is 0.405 e. The maximum atomic E-state index is 12.9. The molecule has 2 aromatic rings. The van der Waals surface area contributed by atoms with Crippen molar-refractivity contribution >= 4 is 33.2 Å². The molecule has 1 aliphatic rings. The van der Waals surface area contributed by atoms with Gasteiger partial charge in [-0.25, -0.2) is 8.42 Å². The van der Waals surface area contributed by atoms with Gasteiger partial charge in [0, 0.05) is 5.56 Å². The standard InChI is InChI=1S/C17H14F3N3O4S/c18-17(19,20)10-21-16(25)11-5-7-12(8-6-11)28(26,27)23-9-15(24)22-13-3-1-2-4-14(13)23/h1-8H,9-10H2,(H,21,25)(H,22,24). The van der Waals surface area contributed by atoms with Gasteiger partial charge in [0.1, 0.15) is 13.1 Å². The Morgan fingerprint density at radius 1 is 1.11 bits per heavy atom. The lowest BCUT2D eigenvalue weighted by molar-refractivity contribution is -0.123. The van der Waals surface area contributed by atoms with Crippen molar-refractivity contribution in [1.29, 1.82) is 0 Å². The highest BCUT2D eigenvalue weighted by Crippen LogP contribution is 2.33. The van der Waals surface area contributed by atoms with Gasteiger partial charge in [-0.1, -0.05) is 12.1 Å². The van der Waals surface area contributed by atoms with Crippen molar-refractivity contribution in [2.45, 2.75) is 11.1 Å². The fourth-order valence-electron chi connectivity index (χ4n) is 2.60. The topological polar surface area (TPSA) is 95.6 Å². The molecule has 3 rings (SSSR count). The number of para-hydroxylation sites is 2. The summed E-state index contributed by atoms with van der Waals surface area (Å²) in [6, 6.07) is 10.8. The molecule has 0 bridgehead atoms. The summed E-state index contributed by atoms with van der Waals surface area (Å²) in [5, 5.41) is 4.28. The minimum Gasteiger partial charge on any atom is -0.343 e. The third-order valence-electron chi connectivity index (χ3n) is 3.89. The molecule has 2 amide bonds. The Kier molecular flexibility index (Phi) is 5.02. The van der Waals surface area contributed by atoms with Gasteiger partial charge < -0.3 is 10.6 Å². The number of alkyl halides is 3. The molecule has 0 spiro atoms. The summed E-state index contributed by atoms with van der Waals surface area (Å²) in [6.45, 7) is -1.92. The SMILES string of the molecule is O=C1CN(S(=O)(=O)c2ccc(C(=O)NCC(F)(F)F)cc2)c2ccccc2N1. The van der Waals surface area contributed by atoms with E-state index in [1.165, 1.54) is 6.07 Å². The molecule has 0 radical (unpaired) electrons. The van der Waals surface area contributed by atoms with Gasteiger partial charge in [-0.15, -0.1) is 0 Å². The van der Waals surface area contributed by atoms with Crippen molar-refractivity contribution in [1.82, 2.24) is 5.32 Å². The molecule has 0 atom stereocenters. The van der Waals surface area contributed by atoms with E-state index in [1.54, 1.807) is 23.5 Å². The predicted molar refractivity (Wildman–Crippen MR) is 94.4 cm³/mol. The quantitative estimate of drug-likeness (QED) is 0.803. The molecule has 7 nitrogen and oxygen atoms in total. The second kappa shape index (κ2) is 7.15. The minimum absolute atomic E-state index is 0.125.